The molecule has 5 rings (SSSR count). The standard InChI is InChI=1S/C33H37ClN2O5/c1-6-40-27-13-19(7-12-26(27)41-18-28(39)35-21-10-8-20(34)9-11-21)29-30-22(14-32(2,3)16-24(30)37)36-23-15-33(4,5)17-25(38)31(23)29/h7-13,29,36H,6,14-18H2,1-5H3,(H,35,39). The number of Topliss-reactive ketones (excluding diaryl/α,β-unsaturated/α-hetero) is 2. The second-order valence-electron chi connectivity index (χ2n) is 12.7. The Balaban J connectivity index is 1.47. The molecule has 8 heteroatoms. The van der Waals surface area contributed by atoms with Crippen LogP contribution >= 0.6 is 11.6 Å². The smallest absolute Gasteiger partial charge is 0.262 e. The van der Waals surface area contributed by atoms with E-state index < -0.39 is 5.92 Å². The molecule has 2 aliphatic carbocycles. The van der Waals surface area contributed by atoms with Gasteiger partial charge >= 0.3 is 0 Å². The zero-order valence-electron chi connectivity index (χ0n) is 24.3. The second kappa shape index (κ2) is 11.0. The number of dihydropyridines is 1. The van der Waals surface area contributed by atoms with E-state index in [1.807, 2.05) is 19.1 Å². The zero-order chi connectivity index (χ0) is 29.5. The largest absolute Gasteiger partial charge is 0.490 e. The van der Waals surface area contributed by atoms with Crippen molar-refractivity contribution in [2.45, 2.75) is 66.2 Å². The first-order chi connectivity index (χ1) is 19.4. The maximum absolute atomic E-state index is 13.6. The van der Waals surface area contributed by atoms with Gasteiger partial charge in [-0.2, -0.15) is 0 Å². The fourth-order valence-corrected chi connectivity index (χ4v) is 6.31. The third-order valence-electron chi connectivity index (χ3n) is 7.81. The lowest BCUT2D eigenvalue weighted by Gasteiger charge is -2.44. The summed E-state index contributed by atoms with van der Waals surface area (Å²) in [6, 6.07) is 12.3. The number of carbonyl (C=O) groups is 3. The minimum Gasteiger partial charge on any atom is -0.490 e. The average molecular weight is 577 g/mol. The van der Waals surface area contributed by atoms with Gasteiger partial charge in [-0.05, 0) is 72.6 Å². The van der Waals surface area contributed by atoms with E-state index in [4.69, 9.17) is 21.1 Å². The van der Waals surface area contributed by atoms with E-state index >= 15 is 0 Å². The minimum atomic E-state index is -0.477. The summed E-state index contributed by atoms with van der Waals surface area (Å²) in [7, 11) is 0. The topological polar surface area (TPSA) is 93.7 Å². The Kier molecular flexibility index (Phi) is 7.77. The fraction of sp³-hybridized carbons (Fsp3) is 0.424. The van der Waals surface area contributed by atoms with Crippen molar-refractivity contribution in [2.75, 3.05) is 18.5 Å². The normalized spacial score (nSPS) is 19.8. The Bertz CT molecular complexity index is 1420. The predicted molar refractivity (Wildman–Crippen MR) is 159 cm³/mol. The lowest BCUT2D eigenvalue weighted by atomic mass is 9.64. The summed E-state index contributed by atoms with van der Waals surface area (Å²) in [5.74, 6) is 0.193. The maximum atomic E-state index is 13.6. The van der Waals surface area contributed by atoms with Gasteiger partial charge in [-0.1, -0.05) is 45.4 Å². The van der Waals surface area contributed by atoms with Gasteiger partial charge in [0.15, 0.2) is 29.7 Å². The molecule has 2 aromatic carbocycles. The maximum Gasteiger partial charge on any atom is 0.262 e. The van der Waals surface area contributed by atoms with Crippen molar-refractivity contribution < 1.29 is 23.9 Å². The molecule has 1 heterocycles. The van der Waals surface area contributed by atoms with Crippen LogP contribution in [-0.2, 0) is 14.4 Å². The number of halogens is 1. The number of anilines is 1. The number of rotatable bonds is 7. The molecule has 0 saturated heterocycles. The second-order valence-corrected chi connectivity index (χ2v) is 13.1. The molecule has 41 heavy (non-hydrogen) atoms. The lowest BCUT2D eigenvalue weighted by Crippen LogP contribution is -2.42. The first-order valence-electron chi connectivity index (χ1n) is 14.1. The quantitative estimate of drug-likeness (QED) is 0.379. The van der Waals surface area contributed by atoms with Crippen LogP contribution in [0.4, 0.5) is 5.69 Å². The molecule has 0 fully saturated rings. The number of ether oxygens (including phenoxy) is 2. The summed E-state index contributed by atoms with van der Waals surface area (Å²) in [4.78, 5) is 39.8. The minimum absolute atomic E-state index is 0.0649. The highest BCUT2D eigenvalue weighted by atomic mass is 35.5. The van der Waals surface area contributed by atoms with E-state index in [1.165, 1.54) is 0 Å². The molecule has 0 aromatic heterocycles. The molecular weight excluding hydrogens is 540 g/mol. The van der Waals surface area contributed by atoms with E-state index in [1.54, 1.807) is 30.3 Å². The first kappa shape index (κ1) is 28.9. The van der Waals surface area contributed by atoms with E-state index in [0.717, 1.165) is 29.8 Å². The van der Waals surface area contributed by atoms with Gasteiger partial charge in [0.2, 0.25) is 0 Å². The summed E-state index contributed by atoms with van der Waals surface area (Å²) in [5, 5.41) is 6.91. The van der Waals surface area contributed by atoms with E-state index in [2.05, 4.69) is 38.3 Å². The van der Waals surface area contributed by atoms with Gasteiger partial charge in [0.1, 0.15) is 0 Å². The summed E-state index contributed by atoms with van der Waals surface area (Å²) in [5.41, 5.74) is 4.26. The van der Waals surface area contributed by atoms with Gasteiger partial charge < -0.3 is 20.1 Å². The zero-order valence-corrected chi connectivity index (χ0v) is 25.0. The number of amides is 1. The summed E-state index contributed by atoms with van der Waals surface area (Å²) < 4.78 is 11.8. The molecule has 2 aromatic rings. The molecule has 0 saturated carbocycles. The summed E-state index contributed by atoms with van der Waals surface area (Å²) >= 11 is 5.92. The molecule has 7 nitrogen and oxygen atoms in total. The molecule has 0 atom stereocenters. The molecule has 0 spiro atoms. The van der Waals surface area contributed by atoms with Gasteiger partial charge in [0.25, 0.3) is 5.91 Å². The van der Waals surface area contributed by atoms with Crippen LogP contribution in [0.25, 0.3) is 0 Å². The third kappa shape index (κ3) is 6.20. The number of ketones is 2. The molecule has 3 aliphatic rings. The highest BCUT2D eigenvalue weighted by Gasteiger charge is 2.46. The van der Waals surface area contributed by atoms with E-state index in [-0.39, 0.29) is 34.9 Å². The Morgan fingerprint density at radius 1 is 0.878 bits per heavy atom. The summed E-state index contributed by atoms with van der Waals surface area (Å²) in [6.45, 7) is 10.4. The van der Waals surface area contributed by atoms with E-state index in [9.17, 15) is 14.4 Å². The molecular formula is C33H37ClN2O5. The highest BCUT2D eigenvalue weighted by Crippen LogP contribution is 2.51. The molecule has 2 N–H and O–H groups in total. The Morgan fingerprint density at radius 2 is 1.46 bits per heavy atom. The first-order valence-corrected chi connectivity index (χ1v) is 14.5. The van der Waals surface area contributed by atoms with Crippen molar-refractivity contribution >= 4 is 34.8 Å². The number of carbonyl (C=O) groups excluding carboxylic acids is 3. The van der Waals surface area contributed by atoms with Crippen LogP contribution in [0.15, 0.2) is 65.0 Å². The van der Waals surface area contributed by atoms with Crippen molar-refractivity contribution in [1.82, 2.24) is 5.32 Å². The van der Waals surface area contributed by atoms with Gasteiger partial charge in [-0.15, -0.1) is 0 Å². The molecule has 216 valence electrons. The fourth-order valence-electron chi connectivity index (χ4n) is 6.19. The van der Waals surface area contributed by atoms with Crippen molar-refractivity contribution in [3.8, 4) is 11.5 Å². The van der Waals surface area contributed by atoms with Gasteiger partial charge in [0, 0.05) is 52.0 Å². The van der Waals surface area contributed by atoms with Crippen LogP contribution in [0.1, 0.15) is 71.8 Å². The van der Waals surface area contributed by atoms with Crippen molar-refractivity contribution in [3.05, 3.63) is 75.6 Å². The van der Waals surface area contributed by atoms with Crippen LogP contribution in [0.3, 0.4) is 0 Å². The van der Waals surface area contributed by atoms with Gasteiger partial charge in [0.05, 0.1) is 6.61 Å². The van der Waals surface area contributed by atoms with Crippen molar-refractivity contribution in [1.29, 1.82) is 0 Å². The third-order valence-corrected chi connectivity index (χ3v) is 8.06. The lowest BCUT2D eigenvalue weighted by molar-refractivity contribution is -0.119. The Hall–Kier alpha value is -3.58. The Labute approximate surface area is 246 Å². The number of allylic oxidation sites excluding steroid dienone is 4. The van der Waals surface area contributed by atoms with Crippen molar-refractivity contribution in [3.63, 3.8) is 0 Å². The average Bonchev–Trinajstić information content (AvgIpc) is 2.87. The van der Waals surface area contributed by atoms with E-state index in [0.29, 0.717) is 52.8 Å². The SMILES string of the molecule is CCOc1cc(C2C3=C(CC(C)(C)CC3=O)NC3=C2C(=O)CC(C)(C)C3)ccc1OCC(=O)Nc1ccc(Cl)cc1. The van der Waals surface area contributed by atoms with Crippen LogP contribution in [0.5, 0.6) is 11.5 Å². The highest BCUT2D eigenvalue weighted by molar-refractivity contribution is 6.30. The molecule has 0 unspecified atom stereocenters. The molecule has 0 radical (unpaired) electrons. The number of benzene rings is 2. The predicted octanol–water partition coefficient (Wildman–Crippen LogP) is 6.73. The Morgan fingerprint density at radius 3 is 2.02 bits per heavy atom. The van der Waals surface area contributed by atoms with Crippen LogP contribution in [0.2, 0.25) is 5.02 Å². The number of nitrogens with one attached hydrogen (secondary N) is 2. The molecule has 0 bridgehead atoms. The van der Waals surface area contributed by atoms with Gasteiger partial charge in [-0.25, -0.2) is 0 Å². The van der Waals surface area contributed by atoms with Crippen LogP contribution in [0, 0.1) is 10.8 Å². The summed E-state index contributed by atoms with van der Waals surface area (Å²) in [6.07, 6.45) is 2.32. The van der Waals surface area contributed by atoms with Crippen LogP contribution < -0.4 is 20.1 Å². The monoisotopic (exact) mass is 576 g/mol. The number of hydrogen-bond acceptors (Lipinski definition) is 6. The molecule has 1 aliphatic heterocycles. The van der Waals surface area contributed by atoms with Crippen LogP contribution in [-0.4, -0.2) is 30.7 Å². The number of hydrogen-bond donors (Lipinski definition) is 2. The molecule has 1 amide bonds. The van der Waals surface area contributed by atoms with Crippen molar-refractivity contribution in [2.24, 2.45) is 10.8 Å². The van der Waals surface area contributed by atoms with Gasteiger partial charge in [-0.3, -0.25) is 14.4 Å².